The Bertz CT molecular complexity index is 351. The lowest BCUT2D eigenvalue weighted by Crippen LogP contribution is -2.12. The van der Waals surface area contributed by atoms with Gasteiger partial charge >= 0.3 is 6.18 Å². The Balaban J connectivity index is 3.25. The molecule has 1 rings (SSSR count). The second kappa shape index (κ2) is 3.60. The van der Waals surface area contributed by atoms with E-state index in [4.69, 9.17) is 0 Å². The van der Waals surface area contributed by atoms with Gasteiger partial charge in [-0.1, -0.05) is 0 Å². The average Bonchev–Trinajstić information content (AvgIpc) is 2.15. The lowest BCUT2D eigenvalue weighted by molar-refractivity contribution is -0.137. The molecule has 0 bridgehead atoms. The van der Waals surface area contributed by atoms with Crippen molar-refractivity contribution in [2.24, 2.45) is 0 Å². The number of anilines is 1. The molecule has 1 heterocycles. The molecule has 0 aliphatic carbocycles. The van der Waals surface area contributed by atoms with Crippen LogP contribution in [0.5, 0.6) is 0 Å². The third kappa shape index (κ3) is 1.98. The quantitative estimate of drug-likeness (QED) is 0.740. The van der Waals surface area contributed by atoms with E-state index in [9.17, 15) is 18.0 Å². The maximum absolute atomic E-state index is 12.3. The van der Waals surface area contributed by atoms with Gasteiger partial charge in [0.2, 0.25) is 0 Å². The van der Waals surface area contributed by atoms with Crippen LogP contribution < -0.4 is 5.32 Å². The van der Waals surface area contributed by atoms with Crippen molar-refractivity contribution in [2.45, 2.75) is 6.18 Å². The molecule has 7 heteroatoms. The summed E-state index contributed by atoms with van der Waals surface area (Å²) in [7, 11) is 1.28. The molecule has 0 saturated carbocycles. The first-order valence-electron chi connectivity index (χ1n) is 3.56. The molecule has 0 radical (unpaired) electrons. The molecular formula is C7H6F3N3O. The number of aldehydes is 1. The molecule has 14 heavy (non-hydrogen) atoms. The SMILES string of the molecule is CNc1nc(C=O)ncc1C(F)(F)F. The summed E-state index contributed by atoms with van der Waals surface area (Å²) in [5.41, 5.74) is -0.995. The third-order valence-corrected chi connectivity index (χ3v) is 1.46. The molecule has 76 valence electrons. The van der Waals surface area contributed by atoms with Crippen molar-refractivity contribution in [1.29, 1.82) is 0 Å². The molecule has 0 unspecified atom stereocenters. The first-order valence-corrected chi connectivity index (χ1v) is 3.56. The number of hydrogen-bond donors (Lipinski definition) is 1. The highest BCUT2D eigenvalue weighted by Crippen LogP contribution is 2.32. The molecule has 0 spiro atoms. The molecule has 1 N–H and O–H groups in total. The van der Waals surface area contributed by atoms with Gasteiger partial charge in [-0.15, -0.1) is 0 Å². The number of nitrogens with one attached hydrogen (secondary N) is 1. The topological polar surface area (TPSA) is 54.9 Å². The first-order chi connectivity index (χ1) is 6.49. The van der Waals surface area contributed by atoms with Crippen molar-refractivity contribution in [3.8, 4) is 0 Å². The van der Waals surface area contributed by atoms with Gasteiger partial charge in [-0.2, -0.15) is 13.2 Å². The Labute approximate surface area is 77.2 Å². The van der Waals surface area contributed by atoms with E-state index in [1.807, 2.05) is 0 Å². The van der Waals surface area contributed by atoms with E-state index in [1.54, 1.807) is 0 Å². The minimum Gasteiger partial charge on any atom is -0.373 e. The van der Waals surface area contributed by atoms with Crippen molar-refractivity contribution >= 4 is 12.1 Å². The number of carbonyl (C=O) groups excluding carboxylic acids is 1. The Morgan fingerprint density at radius 3 is 2.57 bits per heavy atom. The van der Waals surface area contributed by atoms with Crippen LogP contribution in [-0.2, 0) is 6.18 Å². The van der Waals surface area contributed by atoms with Gasteiger partial charge in [0.05, 0.1) is 0 Å². The minimum absolute atomic E-state index is 0.279. The molecule has 0 atom stereocenters. The molecule has 4 nitrogen and oxygen atoms in total. The molecule has 1 aromatic heterocycles. The number of alkyl halides is 3. The van der Waals surface area contributed by atoms with Crippen LogP contribution in [0.15, 0.2) is 6.20 Å². The second-order valence-electron chi connectivity index (χ2n) is 2.36. The predicted octanol–water partition coefficient (Wildman–Crippen LogP) is 1.35. The summed E-state index contributed by atoms with van der Waals surface area (Å²) in [6, 6.07) is 0. The predicted molar refractivity (Wildman–Crippen MR) is 42.0 cm³/mol. The molecule has 0 aliphatic rings. The number of hydrogen-bond acceptors (Lipinski definition) is 4. The van der Waals surface area contributed by atoms with Crippen LogP contribution in [0.3, 0.4) is 0 Å². The lowest BCUT2D eigenvalue weighted by Gasteiger charge is -2.10. The highest BCUT2D eigenvalue weighted by molar-refractivity contribution is 5.70. The average molecular weight is 205 g/mol. The van der Waals surface area contributed by atoms with Gasteiger partial charge in [-0.25, -0.2) is 9.97 Å². The van der Waals surface area contributed by atoms with Crippen molar-refractivity contribution in [3.05, 3.63) is 17.6 Å². The fourth-order valence-corrected chi connectivity index (χ4v) is 0.850. The Morgan fingerprint density at radius 1 is 1.50 bits per heavy atom. The van der Waals surface area contributed by atoms with Gasteiger partial charge in [-0.3, -0.25) is 4.79 Å². The summed E-state index contributed by atoms with van der Waals surface area (Å²) in [6.07, 6.45) is -3.68. The summed E-state index contributed by atoms with van der Waals surface area (Å²) >= 11 is 0. The molecule has 0 amide bonds. The van der Waals surface area contributed by atoms with Gasteiger partial charge in [0.1, 0.15) is 11.4 Å². The number of aromatic nitrogens is 2. The fourth-order valence-electron chi connectivity index (χ4n) is 0.850. The smallest absolute Gasteiger partial charge is 0.373 e. The Kier molecular flexibility index (Phi) is 2.68. The van der Waals surface area contributed by atoms with Crippen LogP contribution in [0.1, 0.15) is 16.2 Å². The summed E-state index contributed by atoms with van der Waals surface area (Å²) in [5, 5.41) is 2.25. The van der Waals surface area contributed by atoms with Crippen LogP contribution in [0.2, 0.25) is 0 Å². The van der Waals surface area contributed by atoms with Gasteiger partial charge < -0.3 is 5.32 Å². The summed E-state index contributed by atoms with van der Waals surface area (Å²) in [5.74, 6) is -0.697. The first kappa shape index (κ1) is 10.4. The van der Waals surface area contributed by atoms with Crippen molar-refractivity contribution < 1.29 is 18.0 Å². The number of rotatable bonds is 2. The maximum Gasteiger partial charge on any atom is 0.421 e. The summed E-state index contributed by atoms with van der Waals surface area (Å²) in [6.45, 7) is 0. The van der Waals surface area contributed by atoms with Crippen molar-refractivity contribution in [1.82, 2.24) is 9.97 Å². The van der Waals surface area contributed by atoms with Crippen LogP contribution in [0.25, 0.3) is 0 Å². The van der Waals surface area contributed by atoms with Crippen LogP contribution in [-0.4, -0.2) is 23.3 Å². The third-order valence-electron chi connectivity index (χ3n) is 1.46. The number of nitrogens with zero attached hydrogens (tertiary/aromatic N) is 2. The van der Waals surface area contributed by atoms with E-state index < -0.39 is 17.6 Å². The Hall–Kier alpha value is -1.66. The standard InChI is InChI=1S/C7H6F3N3O/c1-11-6-4(7(8,9)10)2-12-5(3-14)13-6/h2-3H,1H3,(H,11,12,13). The lowest BCUT2D eigenvalue weighted by atomic mass is 10.3. The van der Waals surface area contributed by atoms with E-state index >= 15 is 0 Å². The van der Waals surface area contributed by atoms with Crippen LogP contribution >= 0.6 is 0 Å². The van der Waals surface area contributed by atoms with E-state index in [0.717, 1.165) is 0 Å². The zero-order valence-electron chi connectivity index (χ0n) is 7.09. The molecule has 0 saturated heterocycles. The van der Waals surface area contributed by atoms with E-state index in [1.165, 1.54) is 7.05 Å². The number of halogens is 3. The second-order valence-corrected chi connectivity index (χ2v) is 2.36. The minimum atomic E-state index is -4.53. The number of carbonyl (C=O) groups is 1. The largest absolute Gasteiger partial charge is 0.421 e. The molecular weight excluding hydrogens is 199 g/mol. The zero-order valence-corrected chi connectivity index (χ0v) is 7.09. The summed E-state index contributed by atoms with van der Waals surface area (Å²) in [4.78, 5) is 16.8. The molecule has 0 fully saturated rings. The van der Waals surface area contributed by atoms with E-state index in [-0.39, 0.29) is 12.1 Å². The van der Waals surface area contributed by atoms with Gasteiger partial charge in [0.25, 0.3) is 0 Å². The van der Waals surface area contributed by atoms with E-state index in [2.05, 4.69) is 15.3 Å². The van der Waals surface area contributed by atoms with E-state index in [0.29, 0.717) is 6.20 Å². The maximum atomic E-state index is 12.3. The van der Waals surface area contributed by atoms with Gasteiger partial charge in [0.15, 0.2) is 12.1 Å². The highest BCUT2D eigenvalue weighted by Gasteiger charge is 2.34. The molecule has 0 aliphatic heterocycles. The fraction of sp³-hybridized carbons (Fsp3) is 0.286. The van der Waals surface area contributed by atoms with Gasteiger partial charge in [-0.05, 0) is 0 Å². The monoisotopic (exact) mass is 205 g/mol. The van der Waals surface area contributed by atoms with Crippen LogP contribution in [0, 0.1) is 0 Å². The van der Waals surface area contributed by atoms with Crippen LogP contribution in [0.4, 0.5) is 19.0 Å². The van der Waals surface area contributed by atoms with Crippen molar-refractivity contribution in [2.75, 3.05) is 12.4 Å². The summed E-state index contributed by atoms with van der Waals surface area (Å²) < 4.78 is 36.8. The highest BCUT2D eigenvalue weighted by atomic mass is 19.4. The van der Waals surface area contributed by atoms with Gasteiger partial charge in [0, 0.05) is 13.2 Å². The normalized spacial score (nSPS) is 11.1. The van der Waals surface area contributed by atoms with Crippen molar-refractivity contribution in [3.63, 3.8) is 0 Å². The Morgan fingerprint density at radius 2 is 2.14 bits per heavy atom. The molecule has 1 aromatic rings. The molecule has 0 aromatic carbocycles. The zero-order chi connectivity index (χ0) is 10.8.